The summed E-state index contributed by atoms with van der Waals surface area (Å²) in [7, 11) is 1.53. The molecule has 4 N–H and O–H groups in total. The average Bonchev–Trinajstić information content (AvgIpc) is 2.67. The predicted molar refractivity (Wildman–Crippen MR) is 122 cm³/mol. The van der Waals surface area contributed by atoms with Crippen molar-refractivity contribution in [2.45, 2.75) is 33.2 Å². The Kier molecular flexibility index (Phi) is 8.67. The Labute approximate surface area is 183 Å². The minimum atomic E-state index is -0.634. The van der Waals surface area contributed by atoms with E-state index in [9.17, 15) is 14.4 Å². The summed E-state index contributed by atoms with van der Waals surface area (Å²) < 4.78 is 7.20. The quantitative estimate of drug-likeness (QED) is 0.477. The van der Waals surface area contributed by atoms with Crippen molar-refractivity contribution in [3.63, 3.8) is 0 Å². The van der Waals surface area contributed by atoms with Gasteiger partial charge in [0.1, 0.15) is 11.5 Å². The fraction of sp³-hybridized carbons (Fsp3) is 0.450. The van der Waals surface area contributed by atoms with Gasteiger partial charge in [-0.1, -0.05) is 19.4 Å². The fourth-order valence-corrected chi connectivity index (χ4v) is 3.57. The van der Waals surface area contributed by atoms with Crippen molar-refractivity contribution in [3.05, 3.63) is 49.1 Å². The Morgan fingerprint density at radius 2 is 2.10 bits per heavy atom. The van der Waals surface area contributed by atoms with E-state index in [0.29, 0.717) is 12.2 Å². The molecule has 30 heavy (non-hydrogen) atoms. The zero-order chi connectivity index (χ0) is 22.3. The number of aromatic amines is 1. The minimum absolute atomic E-state index is 0.0395. The minimum Gasteiger partial charge on any atom is -0.383 e. The molecule has 0 bridgehead atoms. The van der Waals surface area contributed by atoms with E-state index in [2.05, 4.69) is 26.2 Å². The monoisotopic (exact) mass is 481 g/mol. The maximum absolute atomic E-state index is 12.7. The summed E-state index contributed by atoms with van der Waals surface area (Å²) in [6.07, 6.45) is 1.59. The molecule has 2 rings (SSSR count). The lowest BCUT2D eigenvalue weighted by atomic mass is 10.2. The number of carbonyl (C=O) groups is 1. The van der Waals surface area contributed by atoms with E-state index >= 15 is 0 Å². The van der Waals surface area contributed by atoms with Crippen LogP contribution in [-0.2, 0) is 16.1 Å². The molecule has 1 heterocycles. The van der Waals surface area contributed by atoms with Gasteiger partial charge in [-0.05, 0) is 47.0 Å². The van der Waals surface area contributed by atoms with Crippen molar-refractivity contribution in [2.75, 3.05) is 42.8 Å². The number of rotatable bonds is 10. The van der Waals surface area contributed by atoms with Gasteiger partial charge in [0.05, 0.1) is 18.8 Å². The smallest absolute Gasteiger partial charge is 0.330 e. The summed E-state index contributed by atoms with van der Waals surface area (Å²) in [4.78, 5) is 41.3. The summed E-state index contributed by atoms with van der Waals surface area (Å²) in [5.41, 5.74) is 6.75. The van der Waals surface area contributed by atoms with E-state index in [1.54, 1.807) is 6.07 Å². The maximum atomic E-state index is 12.7. The van der Waals surface area contributed by atoms with Crippen LogP contribution >= 0.6 is 15.9 Å². The molecule has 0 saturated heterocycles. The Bertz CT molecular complexity index is 1000. The van der Waals surface area contributed by atoms with Gasteiger partial charge in [0, 0.05) is 24.7 Å². The SMILES string of the molecule is CCCCn1c(N)c(N(CCOC)CC(=O)Nc2ccc(C)cc2Br)c(=O)[nH]c1=O. The van der Waals surface area contributed by atoms with Crippen LogP contribution in [0, 0.1) is 6.92 Å². The van der Waals surface area contributed by atoms with Gasteiger partial charge in [-0.25, -0.2) is 4.79 Å². The van der Waals surface area contributed by atoms with Gasteiger partial charge in [-0.3, -0.25) is 19.1 Å². The molecular formula is C20H28BrN5O4. The average molecular weight is 482 g/mol. The number of methoxy groups -OCH3 is 1. The molecule has 0 aliphatic carbocycles. The third kappa shape index (κ3) is 5.96. The van der Waals surface area contributed by atoms with Gasteiger partial charge >= 0.3 is 5.69 Å². The normalized spacial score (nSPS) is 10.8. The number of anilines is 3. The number of nitrogen functional groups attached to an aromatic ring is 1. The number of hydrogen-bond acceptors (Lipinski definition) is 6. The van der Waals surface area contributed by atoms with Crippen molar-refractivity contribution >= 4 is 39.0 Å². The summed E-state index contributed by atoms with van der Waals surface area (Å²) in [6.45, 7) is 4.71. The van der Waals surface area contributed by atoms with Crippen LogP contribution in [-0.4, -0.2) is 42.3 Å². The van der Waals surface area contributed by atoms with Gasteiger partial charge in [0.15, 0.2) is 0 Å². The second kappa shape index (κ2) is 11.0. The molecule has 0 spiro atoms. The fourth-order valence-electron chi connectivity index (χ4n) is 2.98. The summed E-state index contributed by atoms with van der Waals surface area (Å²) in [5.74, 6) is -0.293. The van der Waals surface area contributed by atoms with Gasteiger partial charge < -0.3 is 20.7 Å². The van der Waals surface area contributed by atoms with Gasteiger partial charge in [-0.2, -0.15) is 0 Å². The Morgan fingerprint density at radius 1 is 1.37 bits per heavy atom. The number of carbonyl (C=O) groups excluding carboxylic acids is 1. The van der Waals surface area contributed by atoms with Crippen molar-refractivity contribution in [1.29, 1.82) is 0 Å². The van der Waals surface area contributed by atoms with Gasteiger partial charge in [0.25, 0.3) is 5.56 Å². The Hall–Kier alpha value is -2.59. The zero-order valence-electron chi connectivity index (χ0n) is 17.5. The van der Waals surface area contributed by atoms with E-state index in [0.717, 1.165) is 22.9 Å². The molecule has 10 heteroatoms. The van der Waals surface area contributed by atoms with Crippen molar-refractivity contribution in [1.82, 2.24) is 9.55 Å². The molecule has 1 aromatic carbocycles. The lowest BCUT2D eigenvalue weighted by Crippen LogP contribution is -2.42. The van der Waals surface area contributed by atoms with E-state index in [1.807, 2.05) is 26.0 Å². The van der Waals surface area contributed by atoms with Crippen LogP contribution in [0.5, 0.6) is 0 Å². The summed E-state index contributed by atoms with van der Waals surface area (Å²) >= 11 is 3.43. The highest BCUT2D eigenvalue weighted by Crippen LogP contribution is 2.23. The molecule has 0 atom stereocenters. The molecule has 9 nitrogen and oxygen atoms in total. The third-order valence-electron chi connectivity index (χ3n) is 4.56. The molecule has 1 amide bonds. The van der Waals surface area contributed by atoms with Crippen LogP contribution in [0.2, 0.25) is 0 Å². The molecule has 0 radical (unpaired) electrons. The van der Waals surface area contributed by atoms with E-state index in [-0.39, 0.29) is 37.1 Å². The number of halogens is 1. The number of nitrogens with one attached hydrogen (secondary N) is 2. The lowest BCUT2D eigenvalue weighted by molar-refractivity contribution is -0.115. The highest BCUT2D eigenvalue weighted by Gasteiger charge is 2.21. The molecule has 164 valence electrons. The number of nitrogens with two attached hydrogens (primary N) is 1. The van der Waals surface area contributed by atoms with E-state index in [4.69, 9.17) is 10.5 Å². The van der Waals surface area contributed by atoms with Gasteiger partial charge in [0.2, 0.25) is 5.91 Å². The van der Waals surface area contributed by atoms with Crippen LogP contribution in [0.1, 0.15) is 25.3 Å². The first-order valence-corrected chi connectivity index (χ1v) is 10.5. The van der Waals surface area contributed by atoms with Crippen molar-refractivity contribution in [2.24, 2.45) is 0 Å². The molecule has 0 saturated carbocycles. The molecule has 0 aliphatic rings. The topological polar surface area (TPSA) is 122 Å². The highest BCUT2D eigenvalue weighted by molar-refractivity contribution is 9.10. The van der Waals surface area contributed by atoms with Crippen LogP contribution in [0.15, 0.2) is 32.3 Å². The van der Waals surface area contributed by atoms with Crippen molar-refractivity contribution < 1.29 is 9.53 Å². The molecule has 0 aliphatic heterocycles. The second-order valence-electron chi connectivity index (χ2n) is 6.94. The molecular weight excluding hydrogens is 454 g/mol. The number of aromatic nitrogens is 2. The lowest BCUT2D eigenvalue weighted by Gasteiger charge is -2.25. The number of amides is 1. The van der Waals surface area contributed by atoms with Crippen LogP contribution in [0.4, 0.5) is 17.2 Å². The molecule has 0 fully saturated rings. The first-order chi connectivity index (χ1) is 14.3. The predicted octanol–water partition coefficient (Wildman–Crippen LogP) is 2.08. The Balaban J connectivity index is 2.34. The standard InChI is InChI=1S/C20H28BrN5O4/c1-4-5-8-26-18(22)17(19(28)24-20(26)29)25(9-10-30-3)12-16(27)23-15-7-6-13(2)11-14(15)21/h6-7,11H,4-5,8-10,12,22H2,1-3H3,(H,23,27)(H,24,28,29). The molecule has 1 aromatic heterocycles. The largest absolute Gasteiger partial charge is 0.383 e. The van der Waals surface area contributed by atoms with Gasteiger partial charge in [-0.15, -0.1) is 0 Å². The van der Waals surface area contributed by atoms with Crippen LogP contribution < -0.4 is 27.2 Å². The number of hydrogen-bond donors (Lipinski definition) is 3. The number of benzene rings is 1. The maximum Gasteiger partial charge on any atom is 0.330 e. The van der Waals surface area contributed by atoms with Crippen molar-refractivity contribution in [3.8, 4) is 0 Å². The van der Waals surface area contributed by atoms with Crippen LogP contribution in [0.25, 0.3) is 0 Å². The number of H-pyrrole nitrogens is 1. The summed E-state index contributed by atoms with van der Waals surface area (Å²) in [5, 5.41) is 2.82. The second-order valence-corrected chi connectivity index (χ2v) is 7.80. The molecule has 2 aromatic rings. The zero-order valence-corrected chi connectivity index (χ0v) is 19.0. The summed E-state index contributed by atoms with van der Waals surface area (Å²) in [6, 6.07) is 5.57. The third-order valence-corrected chi connectivity index (χ3v) is 5.22. The molecule has 0 unspecified atom stereocenters. The number of aryl methyl sites for hydroxylation is 1. The number of nitrogens with zero attached hydrogens (tertiary/aromatic N) is 2. The first-order valence-electron chi connectivity index (χ1n) is 9.71. The van der Waals surface area contributed by atoms with E-state index < -0.39 is 11.2 Å². The van der Waals surface area contributed by atoms with Crippen LogP contribution in [0.3, 0.4) is 0 Å². The highest BCUT2D eigenvalue weighted by atomic mass is 79.9. The number of ether oxygens (including phenoxy) is 1. The Morgan fingerprint density at radius 3 is 2.73 bits per heavy atom. The number of unbranched alkanes of at least 4 members (excludes halogenated alkanes) is 1. The van der Waals surface area contributed by atoms with E-state index in [1.165, 1.54) is 16.6 Å². The first kappa shape index (κ1) is 23.7.